The third-order valence-electron chi connectivity index (χ3n) is 1.92. The summed E-state index contributed by atoms with van der Waals surface area (Å²) in [6, 6.07) is 1.58. The lowest BCUT2D eigenvalue weighted by Gasteiger charge is -2.01. The number of nitrogens with zero attached hydrogens (tertiary/aromatic N) is 1. The molecule has 1 aromatic rings. The van der Waals surface area contributed by atoms with Crippen LogP contribution in [-0.2, 0) is 16.0 Å². The minimum atomic E-state index is -0.247. The zero-order chi connectivity index (χ0) is 10.1. The van der Waals surface area contributed by atoms with E-state index in [2.05, 4.69) is 4.98 Å². The Morgan fingerprint density at radius 2 is 2.36 bits per heavy atom. The molecule has 1 aliphatic rings. The Hall–Kier alpha value is -0.640. The molecule has 0 bridgehead atoms. The molecule has 1 aromatic heterocycles. The second kappa shape index (κ2) is 3.85. The van der Waals surface area contributed by atoms with Crippen LogP contribution in [0.3, 0.4) is 0 Å². The molecule has 3 nitrogen and oxygen atoms in total. The van der Waals surface area contributed by atoms with E-state index in [9.17, 15) is 4.79 Å². The van der Waals surface area contributed by atoms with Gasteiger partial charge in [-0.05, 0) is 6.07 Å². The molecule has 2 rings (SSSR count). The van der Waals surface area contributed by atoms with Gasteiger partial charge in [0.25, 0.3) is 0 Å². The fraction of sp³-hybridized carbons (Fsp3) is 0.333. The van der Waals surface area contributed by atoms with E-state index in [1.807, 2.05) is 0 Å². The van der Waals surface area contributed by atoms with E-state index in [1.54, 1.807) is 6.07 Å². The Kier molecular flexibility index (Phi) is 2.72. The summed E-state index contributed by atoms with van der Waals surface area (Å²) in [5.41, 5.74) is 0.552. The molecular formula is C9H7Cl2NO2. The van der Waals surface area contributed by atoms with Crippen LogP contribution in [0.1, 0.15) is 5.69 Å². The number of carbonyl (C=O) groups excluding carboxylic acids is 1. The van der Waals surface area contributed by atoms with Crippen molar-refractivity contribution in [3.63, 3.8) is 0 Å². The van der Waals surface area contributed by atoms with Gasteiger partial charge in [0.2, 0.25) is 0 Å². The van der Waals surface area contributed by atoms with Gasteiger partial charge in [0.1, 0.15) is 6.10 Å². The van der Waals surface area contributed by atoms with Crippen molar-refractivity contribution >= 4 is 29.0 Å². The lowest BCUT2D eigenvalue weighted by atomic mass is 10.1. The number of halogens is 2. The summed E-state index contributed by atoms with van der Waals surface area (Å²) in [5.74, 6) is 0.0155. The van der Waals surface area contributed by atoms with Crippen molar-refractivity contribution in [2.24, 2.45) is 0 Å². The highest BCUT2D eigenvalue weighted by molar-refractivity contribution is 6.34. The first-order valence-electron chi connectivity index (χ1n) is 4.11. The molecule has 1 saturated heterocycles. The molecule has 0 amide bonds. The van der Waals surface area contributed by atoms with Crippen LogP contribution in [0.4, 0.5) is 0 Å². The summed E-state index contributed by atoms with van der Waals surface area (Å²) in [7, 11) is 0. The fourth-order valence-electron chi connectivity index (χ4n) is 1.09. The predicted molar refractivity (Wildman–Crippen MR) is 52.7 cm³/mol. The maximum absolute atomic E-state index is 11.4. The molecule has 1 unspecified atom stereocenters. The maximum Gasteiger partial charge on any atom is 0.169 e. The van der Waals surface area contributed by atoms with Crippen molar-refractivity contribution in [2.75, 3.05) is 6.61 Å². The highest BCUT2D eigenvalue weighted by Crippen LogP contribution is 2.21. The minimum Gasteiger partial charge on any atom is -0.365 e. The normalized spacial score (nSPS) is 19.4. The summed E-state index contributed by atoms with van der Waals surface area (Å²) in [4.78, 5) is 15.3. The number of hydrogen-bond acceptors (Lipinski definition) is 3. The Balaban J connectivity index is 2.11. The molecule has 0 aromatic carbocycles. The highest BCUT2D eigenvalue weighted by atomic mass is 35.5. The fourth-order valence-corrected chi connectivity index (χ4v) is 1.53. The van der Waals surface area contributed by atoms with Crippen molar-refractivity contribution < 1.29 is 9.53 Å². The van der Waals surface area contributed by atoms with Crippen molar-refractivity contribution in [1.82, 2.24) is 4.98 Å². The van der Waals surface area contributed by atoms with Crippen molar-refractivity contribution in [1.29, 1.82) is 0 Å². The van der Waals surface area contributed by atoms with Gasteiger partial charge in [-0.2, -0.15) is 0 Å². The second-order valence-electron chi connectivity index (χ2n) is 3.05. The minimum absolute atomic E-state index is 0.0155. The average molecular weight is 232 g/mol. The zero-order valence-electron chi connectivity index (χ0n) is 7.17. The van der Waals surface area contributed by atoms with Crippen LogP contribution in [0, 0.1) is 0 Å². The number of rotatable bonds is 3. The van der Waals surface area contributed by atoms with Gasteiger partial charge in [0, 0.05) is 6.20 Å². The molecule has 2 heterocycles. The van der Waals surface area contributed by atoms with Gasteiger partial charge in [0.05, 0.1) is 28.8 Å². The zero-order valence-corrected chi connectivity index (χ0v) is 8.68. The number of hydrogen-bond donors (Lipinski definition) is 0. The second-order valence-corrected chi connectivity index (χ2v) is 3.89. The van der Waals surface area contributed by atoms with Crippen LogP contribution in [0.5, 0.6) is 0 Å². The van der Waals surface area contributed by atoms with E-state index in [4.69, 9.17) is 27.9 Å². The lowest BCUT2D eigenvalue weighted by Crippen LogP contribution is -2.11. The van der Waals surface area contributed by atoms with E-state index < -0.39 is 0 Å². The smallest absolute Gasteiger partial charge is 0.169 e. The van der Waals surface area contributed by atoms with Crippen LogP contribution in [0.15, 0.2) is 12.3 Å². The first kappa shape index (κ1) is 9.90. The molecule has 0 aliphatic carbocycles. The van der Waals surface area contributed by atoms with Crippen LogP contribution in [0.25, 0.3) is 0 Å². The molecule has 1 atom stereocenters. The topological polar surface area (TPSA) is 42.5 Å². The third-order valence-corrected chi connectivity index (χ3v) is 2.45. The number of epoxide rings is 1. The molecule has 0 N–H and O–H groups in total. The summed E-state index contributed by atoms with van der Waals surface area (Å²) in [6.45, 7) is 0.518. The first-order chi connectivity index (χ1) is 6.66. The number of ether oxygens (including phenoxy) is 1. The molecule has 1 fully saturated rings. The summed E-state index contributed by atoms with van der Waals surface area (Å²) in [5, 5.41) is 0.889. The van der Waals surface area contributed by atoms with Crippen LogP contribution in [0.2, 0.25) is 10.0 Å². The molecule has 14 heavy (non-hydrogen) atoms. The SMILES string of the molecule is O=C(Cc1ncc(Cl)cc1Cl)C1CO1. The van der Waals surface area contributed by atoms with Crippen molar-refractivity contribution in [2.45, 2.75) is 12.5 Å². The van der Waals surface area contributed by atoms with Gasteiger partial charge in [-0.3, -0.25) is 9.78 Å². The molecule has 0 spiro atoms. The molecule has 1 aliphatic heterocycles. The summed E-state index contributed by atoms with van der Waals surface area (Å²) >= 11 is 11.5. The van der Waals surface area contributed by atoms with Crippen molar-refractivity contribution in [3.8, 4) is 0 Å². The van der Waals surface area contributed by atoms with Gasteiger partial charge in [-0.15, -0.1) is 0 Å². The Morgan fingerprint density at radius 3 is 2.93 bits per heavy atom. The Bertz CT molecular complexity index is 377. The number of ketones is 1. The molecule has 0 saturated carbocycles. The lowest BCUT2D eigenvalue weighted by molar-refractivity contribution is -0.119. The standard InChI is InChI=1S/C9H7Cl2NO2/c10-5-1-6(11)7(12-3-5)2-8(13)9-4-14-9/h1,3,9H,2,4H2. The van der Waals surface area contributed by atoms with Crippen LogP contribution < -0.4 is 0 Å². The van der Waals surface area contributed by atoms with Gasteiger partial charge >= 0.3 is 0 Å². The Morgan fingerprint density at radius 1 is 1.64 bits per heavy atom. The first-order valence-corrected chi connectivity index (χ1v) is 4.86. The van der Waals surface area contributed by atoms with Crippen LogP contribution in [-0.4, -0.2) is 23.5 Å². The van der Waals surface area contributed by atoms with Crippen molar-refractivity contribution in [3.05, 3.63) is 28.0 Å². The van der Waals surface area contributed by atoms with Crippen LogP contribution >= 0.6 is 23.2 Å². The predicted octanol–water partition coefficient (Wildman–Crippen LogP) is 1.90. The number of Topliss-reactive ketones (excluding diaryl/α,β-unsaturated/α-hetero) is 1. The molecular weight excluding hydrogens is 225 g/mol. The van der Waals surface area contributed by atoms with E-state index in [0.717, 1.165) is 0 Å². The molecule has 74 valence electrons. The summed E-state index contributed by atoms with van der Waals surface area (Å²) in [6.07, 6.45) is 1.44. The van der Waals surface area contributed by atoms with Gasteiger partial charge in [0.15, 0.2) is 5.78 Å². The van der Waals surface area contributed by atoms with Gasteiger partial charge < -0.3 is 4.74 Å². The largest absolute Gasteiger partial charge is 0.365 e. The number of carbonyl (C=O) groups is 1. The van der Waals surface area contributed by atoms with E-state index >= 15 is 0 Å². The summed E-state index contributed by atoms with van der Waals surface area (Å²) < 4.78 is 4.86. The third kappa shape index (κ3) is 2.23. The maximum atomic E-state index is 11.4. The van der Waals surface area contributed by atoms with E-state index in [0.29, 0.717) is 22.3 Å². The monoisotopic (exact) mass is 231 g/mol. The van der Waals surface area contributed by atoms with E-state index in [1.165, 1.54) is 6.20 Å². The Labute approximate surface area is 91.0 Å². The quantitative estimate of drug-likeness (QED) is 0.747. The van der Waals surface area contributed by atoms with E-state index in [-0.39, 0.29) is 18.3 Å². The number of aromatic nitrogens is 1. The molecule has 0 radical (unpaired) electrons. The van der Waals surface area contributed by atoms with Gasteiger partial charge in [-0.1, -0.05) is 23.2 Å². The highest BCUT2D eigenvalue weighted by Gasteiger charge is 2.31. The average Bonchev–Trinajstić information content (AvgIpc) is 2.92. The van der Waals surface area contributed by atoms with Gasteiger partial charge in [-0.25, -0.2) is 0 Å². The number of pyridine rings is 1. The molecule has 5 heteroatoms.